The maximum absolute atomic E-state index is 9.39. The normalized spacial score (nSPS) is 13.8. The molecule has 0 atom stereocenters. The lowest BCUT2D eigenvalue weighted by Gasteiger charge is -2.08. The molecule has 2 N–H and O–H groups in total. The highest BCUT2D eigenvalue weighted by Gasteiger charge is 2.23. The summed E-state index contributed by atoms with van der Waals surface area (Å²) in [5, 5.41) is 16.0. The minimum atomic E-state index is 0.113. The van der Waals surface area contributed by atoms with Gasteiger partial charge in [0.15, 0.2) is 0 Å². The molecule has 66 valence electrons. The Morgan fingerprint density at radius 2 is 2.38 bits per heavy atom. The Hall–Kier alpha value is -1.71. The van der Waals surface area contributed by atoms with Gasteiger partial charge in [0.2, 0.25) is 5.88 Å². The molecule has 2 aromatic rings. The second-order valence-electron chi connectivity index (χ2n) is 3.16. The van der Waals surface area contributed by atoms with Crippen molar-refractivity contribution in [2.24, 2.45) is 0 Å². The standard InChI is InChI=1S/C9H8N2O2/c12-9-6-1-2-7-5(3-4-13-7)8(6)10-11-9/h3-4H,1-2H2,(H2,10,11,12). The molecular formula is C9H8N2O2. The predicted octanol–water partition coefficient (Wildman–Crippen LogP) is 1.47. The van der Waals surface area contributed by atoms with Crippen molar-refractivity contribution in [1.29, 1.82) is 0 Å². The third kappa shape index (κ3) is 0.771. The number of nitrogens with zero attached hydrogens (tertiary/aromatic N) is 1. The fourth-order valence-corrected chi connectivity index (χ4v) is 1.81. The Morgan fingerprint density at radius 1 is 1.46 bits per heavy atom. The van der Waals surface area contributed by atoms with Crippen molar-refractivity contribution in [1.82, 2.24) is 10.2 Å². The van der Waals surface area contributed by atoms with Crippen molar-refractivity contribution >= 4 is 0 Å². The highest BCUT2D eigenvalue weighted by atomic mass is 16.3. The molecule has 0 saturated heterocycles. The van der Waals surface area contributed by atoms with E-state index in [1.807, 2.05) is 6.07 Å². The summed E-state index contributed by atoms with van der Waals surface area (Å²) in [5.41, 5.74) is 2.82. The number of hydrogen-bond donors (Lipinski definition) is 2. The Kier molecular flexibility index (Phi) is 1.12. The van der Waals surface area contributed by atoms with Crippen LogP contribution in [0.2, 0.25) is 0 Å². The smallest absolute Gasteiger partial charge is 0.233 e. The lowest BCUT2D eigenvalue weighted by molar-refractivity contribution is 0.443. The second kappa shape index (κ2) is 2.16. The molecule has 0 saturated carbocycles. The number of aromatic nitrogens is 2. The minimum Gasteiger partial charge on any atom is -0.492 e. The predicted molar refractivity (Wildman–Crippen MR) is 45.4 cm³/mol. The molecule has 0 fully saturated rings. The summed E-state index contributed by atoms with van der Waals surface area (Å²) in [4.78, 5) is 0. The third-order valence-electron chi connectivity index (χ3n) is 2.46. The zero-order valence-electron chi connectivity index (χ0n) is 6.87. The zero-order valence-corrected chi connectivity index (χ0v) is 6.87. The molecule has 0 unspecified atom stereocenters. The summed E-state index contributed by atoms with van der Waals surface area (Å²) in [6.45, 7) is 0. The van der Waals surface area contributed by atoms with Crippen LogP contribution < -0.4 is 0 Å². The number of fused-ring (bicyclic) bond motifs is 3. The molecule has 0 bridgehead atoms. The van der Waals surface area contributed by atoms with Crippen molar-refractivity contribution in [3.8, 4) is 17.1 Å². The van der Waals surface area contributed by atoms with Crippen LogP contribution in [0.4, 0.5) is 0 Å². The van der Waals surface area contributed by atoms with Gasteiger partial charge in [0.1, 0.15) is 5.76 Å². The van der Waals surface area contributed by atoms with E-state index >= 15 is 0 Å². The molecule has 1 aliphatic carbocycles. The molecule has 4 nitrogen and oxygen atoms in total. The molecule has 13 heavy (non-hydrogen) atoms. The van der Waals surface area contributed by atoms with E-state index in [-0.39, 0.29) is 5.88 Å². The summed E-state index contributed by atoms with van der Waals surface area (Å²) in [7, 11) is 0. The first-order valence-corrected chi connectivity index (χ1v) is 4.19. The van der Waals surface area contributed by atoms with Crippen LogP contribution in [0.5, 0.6) is 5.88 Å². The summed E-state index contributed by atoms with van der Waals surface area (Å²) in [6, 6.07) is 1.89. The van der Waals surface area contributed by atoms with Crippen molar-refractivity contribution < 1.29 is 9.52 Å². The van der Waals surface area contributed by atoms with E-state index in [4.69, 9.17) is 4.42 Å². The van der Waals surface area contributed by atoms with Crippen LogP contribution in [0.15, 0.2) is 16.7 Å². The van der Waals surface area contributed by atoms with Crippen LogP contribution in [0, 0.1) is 0 Å². The maximum atomic E-state index is 9.39. The first-order valence-electron chi connectivity index (χ1n) is 4.19. The van der Waals surface area contributed by atoms with Crippen LogP contribution >= 0.6 is 0 Å². The fourth-order valence-electron chi connectivity index (χ4n) is 1.81. The average molecular weight is 176 g/mol. The molecule has 2 heterocycles. The topological polar surface area (TPSA) is 62.1 Å². The van der Waals surface area contributed by atoms with E-state index in [0.717, 1.165) is 35.4 Å². The van der Waals surface area contributed by atoms with E-state index in [1.165, 1.54) is 0 Å². The molecule has 1 aliphatic rings. The number of aromatic amines is 1. The molecule has 0 amide bonds. The quantitative estimate of drug-likeness (QED) is 0.639. The van der Waals surface area contributed by atoms with E-state index in [1.54, 1.807) is 6.26 Å². The first-order chi connectivity index (χ1) is 6.36. The van der Waals surface area contributed by atoms with Gasteiger partial charge in [0.25, 0.3) is 0 Å². The highest BCUT2D eigenvalue weighted by molar-refractivity contribution is 5.69. The summed E-state index contributed by atoms with van der Waals surface area (Å²) in [6.07, 6.45) is 3.29. The number of nitrogens with one attached hydrogen (secondary N) is 1. The van der Waals surface area contributed by atoms with Gasteiger partial charge in [-0.05, 0) is 12.5 Å². The van der Waals surface area contributed by atoms with Crippen molar-refractivity contribution in [3.05, 3.63) is 23.7 Å². The number of rotatable bonds is 0. The molecule has 0 spiro atoms. The van der Waals surface area contributed by atoms with Crippen LogP contribution in [-0.2, 0) is 12.8 Å². The highest BCUT2D eigenvalue weighted by Crippen LogP contribution is 2.36. The Bertz CT molecular complexity index is 456. The molecule has 0 radical (unpaired) electrons. The van der Waals surface area contributed by atoms with Crippen molar-refractivity contribution in [3.63, 3.8) is 0 Å². The largest absolute Gasteiger partial charge is 0.492 e. The van der Waals surface area contributed by atoms with Crippen LogP contribution in [-0.4, -0.2) is 15.3 Å². The monoisotopic (exact) mass is 176 g/mol. The summed E-state index contributed by atoms with van der Waals surface area (Å²) in [5.74, 6) is 1.08. The Morgan fingerprint density at radius 3 is 3.31 bits per heavy atom. The van der Waals surface area contributed by atoms with Crippen molar-refractivity contribution in [2.75, 3.05) is 0 Å². The van der Waals surface area contributed by atoms with Gasteiger partial charge < -0.3 is 9.52 Å². The van der Waals surface area contributed by atoms with Gasteiger partial charge in [-0.2, -0.15) is 0 Å². The summed E-state index contributed by atoms with van der Waals surface area (Å²) >= 11 is 0. The molecule has 4 heteroatoms. The zero-order chi connectivity index (χ0) is 8.84. The average Bonchev–Trinajstić information content (AvgIpc) is 2.70. The third-order valence-corrected chi connectivity index (χ3v) is 2.46. The SMILES string of the molecule is Oc1n[nH]c2c1CCc1occc1-2. The number of aryl methyl sites for hydroxylation is 1. The Labute approximate surface area is 74.2 Å². The van der Waals surface area contributed by atoms with Crippen LogP contribution in [0.1, 0.15) is 11.3 Å². The number of aromatic hydroxyl groups is 1. The molecule has 2 aromatic heterocycles. The second-order valence-corrected chi connectivity index (χ2v) is 3.16. The molecule has 0 aliphatic heterocycles. The fraction of sp³-hybridized carbons (Fsp3) is 0.222. The van der Waals surface area contributed by atoms with E-state index < -0.39 is 0 Å². The van der Waals surface area contributed by atoms with Gasteiger partial charge in [-0.25, -0.2) is 0 Å². The van der Waals surface area contributed by atoms with Gasteiger partial charge in [-0.15, -0.1) is 5.10 Å². The van der Waals surface area contributed by atoms with Crippen LogP contribution in [0.3, 0.4) is 0 Å². The molecule has 3 rings (SSSR count). The van der Waals surface area contributed by atoms with Crippen LogP contribution in [0.25, 0.3) is 11.3 Å². The minimum absolute atomic E-state index is 0.113. The summed E-state index contributed by atoms with van der Waals surface area (Å²) < 4.78 is 5.29. The van der Waals surface area contributed by atoms with Gasteiger partial charge >= 0.3 is 0 Å². The van der Waals surface area contributed by atoms with Gasteiger partial charge in [0.05, 0.1) is 12.0 Å². The lowest BCUT2D eigenvalue weighted by Crippen LogP contribution is -1.99. The molecule has 0 aromatic carbocycles. The molecular weight excluding hydrogens is 168 g/mol. The van der Waals surface area contributed by atoms with Gasteiger partial charge in [-0.1, -0.05) is 0 Å². The van der Waals surface area contributed by atoms with E-state index in [0.29, 0.717) is 0 Å². The first kappa shape index (κ1) is 6.77. The lowest BCUT2D eigenvalue weighted by atomic mass is 9.96. The number of H-pyrrole nitrogens is 1. The maximum Gasteiger partial charge on any atom is 0.233 e. The Balaban J connectivity index is 2.31. The van der Waals surface area contributed by atoms with Gasteiger partial charge in [-0.3, -0.25) is 5.10 Å². The van der Waals surface area contributed by atoms with E-state index in [9.17, 15) is 5.11 Å². The van der Waals surface area contributed by atoms with E-state index in [2.05, 4.69) is 10.2 Å². The number of furan rings is 1. The van der Waals surface area contributed by atoms with Gasteiger partial charge in [0, 0.05) is 17.5 Å². The van der Waals surface area contributed by atoms with Crippen molar-refractivity contribution in [2.45, 2.75) is 12.8 Å². The number of hydrogen-bond acceptors (Lipinski definition) is 3.